The summed E-state index contributed by atoms with van der Waals surface area (Å²) in [5.41, 5.74) is 0.704. The highest BCUT2D eigenvalue weighted by Gasteiger charge is 2.46. The van der Waals surface area contributed by atoms with Crippen molar-refractivity contribution in [3.8, 4) is 0 Å². The maximum absolute atomic E-state index is 14.1. The fourth-order valence-electron chi connectivity index (χ4n) is 4.68. The Bertz CT molecular complexity index is 614. The van der Waals surface area contributed by atoms with E-state index in [9.17, 15) is 13.6 Å². The number of hydrogen-bond acceptors (Lipinski definition) is 2. The van der Waals surface area contributed by atoms with Crippen LogP contribution >= 0.6 is 11.8 Å². The van der Waals surface area contributed by atoms with Crippen LogP contribution in [0, 0.1) is 17.8 Å². The fourth-order valence-corrected chi connectivity index (χ4v) is 5.14. The molecule has 3 rings (SSSR count). The van der Waals surface area contributed by atoms with Crippen LogP contribution in [-0.2, 0) is 4.79 Å². The smallest absolute Gasteiger partial charge is 0.248 e. The van der Waals surface area contributed by atoms with Gasteiger partial charge >= 0.3 is 0 Å². The van der Waals surface area contributed by atoms with E-state index in [0.29, 0.717) is 18.0 Å². The van der Waals surface area contributed by atoms with Crippen LogP contribution in [0.3, 0.4) is 0 Å². The molecule has 2 aliphatic carbocycles. The molecule has 1 N–H and O–H groups in total. The van der Waals surface area contributed by atoms with Gasteiger partial charge in [-0.25, -0.2) is 8.78 Å². The first-order chi connectivity index (χ1) is 12.5. The number of hydrogen-bond donors (Lipinski definition) is 1. The molecule has 5 heteroatoms. The number of thioether (sulfide) groups is 1. The number of amides is 1. The Morgan fingerprint density at radius 1 is 1.15 bits per heavy atom. The van der Waals surface area contributed by atoms with Crippen LogP contribution in [0.15, 0.2) is 29.2 Å². The maximum Gasteiger partial charge on any atom is 0.248 e. The molecule has 2 aliphatic rings. The quantitative estimate of drug-likeness (QED) is 0.485. The van der Waals surface area contributed by atoms with Crippen molar-refractivity contribution < 1.29 is 13.6 Å². The van der Waals surface area contributed by atoms with Gasteiger partial charge in [-0.15, -0.1) is 11.8 Å². The van der Waals surface area contributed by atoms with E-state index in [4.69, 9.17) is 0 Å². The predicted octanol–water partition coefficient (Wildman–Crippen LogP) is 6.37. The van der Waals surface area contributed by atoms with E-state index in [1.807, 2.05) is 30.5 Å². The first-order valence-electron chi connectivity index (χ1n) is 9.81. The lowest BCUT2D eigenvalue weighted by molar-refractivity contribution is -0.134. The molecule has 144 valence electrons. The van der Waals surface area contributed by atoms with Crippen LogP contribution in [0.5, 0.6) is 0 Å². The topological polar surface area (TPSA) is 29.1 Å². The monoisotopic (exact) mass is 381 g/mol. The van der Waals surface area contributed by atoms with Crippen molar-refractivity contribution in [3.05, 3.63) is 24.3 Å². The maximum atomic E-state index is 14.1. The highest BCUT2D eigenvalue weighted by atomic mass is 32.2. The number of alkyl halides is 2. The first-order valence-corrected chi connectivity index (χ1v) is 11.0. The molecule has 0 aliphatic heterocycles. The minimum absolute atomic E-state index is 0.0695. The Hall–Kier alpha value is -1.10. The zero-order valence-corrected chi connectivity index (χ0v) is 16.3. The molecule has 1 amide bonds. The number of carbonyl (C=O) groups is 1. The van der Waals surface area contributed by atoms with Crippen molar-refractivity contribution in [2.45, 2.75) is 68.6 Å². The van der Waals surface area contributed by atoms with Gasteiger partial charge in [-0.1, -0.05) is 44.6 Å². The van der Waals surface area contributed by atoms with E-state index >= 15 is 0 Å². The third-order valence-electron chi connectivity index (χ3n) is 6.06. The van der Waals surface area contributed by atoms with Crippen LogP contribution in [0.4, 0.5) is 14.5 Å². The van der Waals surface area contributed by atoms with Crippen molar-refractivity contribution in [2.24, 2.45) is 17.8 Å². The Balaban J connectivity index is 1.75. The number of halogens is 2. The van der Waals surface area contributed by atoms with E-state index in [0.717, 1.165) is 17.7 Å². The number of rotatable bonds is 4. The van der Waals surface area contributed by atoms with E-state index < -0.39 is 11.8 Å². The second-order valence-electron chi connectivity index (χ2n) is 7.84. The average Bonchev–Trinajstić information content (AvgIpc) is 2.90. The summed E-state index contributed by atoms with van der Waals surface area (Å²) in [6.45, 7) is 0. The zero-order valence-electron chi connectivity index (χ0n) is 15.5. The van der Waals surface area contributed by atoms with Gasteiger partial charge in [0, 0.05) is 29.3 Å². The molecule has 2 saturated carbocycles. The molecule has 0 aromatic heterocycles. The molecule has 2 nitrogen and oxygen atoms in total. The molecule has 1 aromatic carbocycles. The van der Waals surface area contributed by atoms with Crippen LogP contribution in [0.1, 0.15) is 57.8 Å². The highest BCUT2D eigenvalue weighted by Crippen LogP contribution is 2.46. The van der Waals surface area contributed by atoms with Gasteiger partial charge < -0.3 is 5.32 Å². The second kappa shape index (κ2) is 8.73. The fraction of sp³-hybridized carbons (Fsp3) is 0.667. The first kappa shape index (κ1) is 19.7. The largest absolute Gasteiger partial charge is 0.326 e. The molecule has 26 heavy (non-hydrogen) atoms. The van der Waals surface area contributed by atoms with Gasteiger partial charge in [-0.3, -0.25) is 4.79 Å². The Morgan fingerprint density at radius 2 is 1.88 bits per heavy atom. The zero-order chi connectivity index (χ0) is 18.6. The van der Waals surface area contributed by atoms with Gasteiger partial charge in [0.05, 0.1) is 0 Å². The van der Waals surface area contributed by atoms with Crippen LogP contribution < -0.4 is 5.32 Å². The third-order valence-corrected chi connectivity index (χ3v) is 6.78. The highest BCUT2D eigenvalue weighted by molar-refractivity contribution is 7.98. The van der Waals surface area contributed by atoms with Crippen molar-refractivity contribution in [1.29, 1.82) is 0 Å². The van der Waals surface area contributed by atoms with Crippen LogP contribution in [-0.4, -0.2) is 18.1 Å². The van der Waals surface area contributed by atoms with Gasteiger partial charge in [0.15, 0.2) is 0 Å². The van der Waals surface area contributed by atoms with Crippen molar-refractivity contribution in [2.75, 3.05) is 11.6 Å². The third kappa shape index (κ3) is 4.99. The van der Waals surface area contributed by atoms with Gasteiger partial charge in [-0.05, 0) is 42.7 Å². The Morgan fingerprint density at radius 3 is 2.58 bits per heavy atom. The molecule has 1 aromatic rings. The molecule has 0 bridgehead atoms. The predicted molar refractivity (Wildman–Crippen MR) is 104 cm³/mol. The molecule has 0 saturated heterocycles. The van der Waals surface area contributed by atoms with Gasteiger partial charge in [-0.2, -0.15) is 0 Å². The number of nitrogens with one attached hydrogen (secondary N) is 1. The molecule has 2 fully saturated rings. The standard InChI is InChI=1S/C21H29F2NOS/c1-26-17-10-6-9-16(13-17)24-20(25)19-14-21(22,23)12-11-18(19)15-7-4-2-3-5-8-15/h6,9-10,13,15,18-19H,2-5,7-8,11-12,14H2,1H3,(H,24,25)/t18-,19+/m0/s1. The van der Waals surface area contributed by atoms with E-state index in [-0.39, 0.29) is 24.7 Å². The minimum atomic E-state index is -2.72. The SMILES string of the molecule is CSc1cccc(NC(=O)[C@@H]2CC(F)(F)CC[C@H]2C2CCCCCC2)c1. The lowest BCUT2D eigenvalue weighted by atomic mass is 9.68. The van der Waals surface area contributed by atoms with E-state index in [1.165, 1.54) is 25.7 Å². The van der Waals surface area contributed by atoms with Crippen LogP contribution in [0.2, 0.25) is 0 Å². The van der Waals surface area contributed by atoms with E-state index in [1.54, 1.807) is 11.8 Å². The summed E-state index contributed by atoms with van der Waals surface area (Å²) >= 11 is 1.60. The molecule has 0 heterocycles. The van der Waals surface area contributed by atoms with Crippen molar-refractivity contribution in [1.82, 2.24) is 0 Å². The van der Waals surface area contributed by atoms with Gasteiger partial charge in [0.1, 0.15) is 0 Å². The summed E-state index contributed by atoms with van der Waals surface area (Å²) in [7, 11) is 0. The summed E-state index contributed by atoms with van der Waals surface area (Å²) in [5.74, 6) is -3.01. The van der Waals surface area contributed by atoms with Gasteiger partial charge in [0.2, 0.25) is 11.8 Å². The van der Waals surface area contributed by atoms with Crippen molar-refractivity contribution >= 4 is 23.4 Å². The summed E-state index contributed by atoms with van der Waals surface area (Å²) < 4.78 is 28.2. The molecule has 0 spiro atoms. The molecular formula is C21H29F2NOS. The molecule has 2 atom stereocenters. The molecule has 0 unspecified atom stereocenters. The number of carbonyl (C=O) groups excluding carboxylic acids is 1. The van der Waals surface area contributed by atoms with E-state index in [2.05, 4.69) is 5.32 Å². The number of anilines is 1. The normalized spacial score (nSPS) is 26.9. The lowest BCUT2D eigenvalue weighted by Gasteiger charge is -2.39. The summed E-state index contributed by atoms with van der Waals surface area (Å²) in [5, 5.41) is 2.92. The lowest BCUT2D eigenvalue weighted by Crippen LogP contribution is -2.42. The second-order valence-corrected chi connectivity index (χ2v) is 8.72. The van der Waals surface area contributed by atoms with Gasteiger partial charge in [0.25, 0.3) is 0 Å². The number of benzene rings is 1. The summed E-state index contributed by atoms with van der Waals surface area (Å²) in [6, 6.07) is 7.60. The minimum Gasteiger partial charge on any atom is -0.326 e. The summed E-state index contributed by atoms with van der Waals surface area (Å²) in [4.78, 5) is 14.0. The summed E-state index contributed by atoms with van der Waals surface area (Å²) in [6.07, 6.45) is 9.05. The Kier molecular flexibility index (Phi) is 6.60. The average molecular weight is 382 g/mol. The molecular weight excluding hydrogens is 352 g/mol. The van der Waals surface area contributed by atoms with Crippen LogP contribution in [0.25, 0.3) is 0 Å². The molecule has 0 radical (unpaired) electrons. The van der Waals surface area contributed by atoms with Crippen molar-refractivity contribution in [3.63, 3.8) is 0 Å². The Labute approximate surface area is 159 Å².